The highest BCUT2D eigenvalue weighted by Crippen LogP contribution is 3.02. The molecule has 0 saturated carbocycles. The molecule has 170 valence electrons. The molecule has 0 N–H and O–H groups in total. The largest absolute Gasteiger partial charge is 0.423 e. The van der Waals surface area contributed by atoms with Crippen LogP contribution < -0.4 is 9.47 Å². The number of benzene rings is 2. The Kier molecular flexibility index (Phi) is 5.39. The quantitative estimate of drug-likeness (QED) is 0.159. The fourth-order valence-electron chi connectivity index (χ4n) is 1.98. The lowest BCUT2D eigenvalue weighted by atomic mass is 10.1. The summed E-state index contributed by atoms with van der Waals surface area (Å²) >= 11 is 0. The number of carbonyl (C=O) groups is 2. The second-order valence-electron chi connectivity index (χ2n) is 5.96. The van der Waals surface area contributed by atoms with Crippen molar-refractivity contribution < 1.29 is 56.1 Å². The molecule has 0 atom stereocenters. The van der Waals surface area contributed by atoms with Crippen LogP contribution in [0.2, 0.25) is 0 Å². The van der Waals surface area contributed by atoms with Gasteiger partial charge in [0.05, 0.1) is 0 Å². The van der Waals surface area contributed by atoms with Gasteiger partial charge in [0.1, 0.15) is 16.2 Å². The van der Waals surface area contributed by atoms with Crippen molar-refractivity contribution in [1.82, 2.24) is 0 Å². The summed E-state index contributed by atoms with van der Waals surface area (Å²) in [5, 5.41) is 0. The highest BCUT2D eigenvalue weighted by Gasteiger charge is 2.65. The Bertz CT molecular complexity index is 1080. The van der Waals surface area contributed by atoms with Crippen molar-refractivity contribution in [2.45, 2.75) is 11.8 Å². The van der Waals surface area contributed by atoms with E-state index in [0.29, 0.717) is 0 Å². The molecule has 2 rings (SSSR count). The molecule has 0 spiro atoms. The van der Waals surface area contributed by atoms with Crippen LogP contribution in [0.1, 0.15) is 17.3 Å². The molecular weight excluding hydrogens is 471 g/mol. The van der Waals surface area contributed by atoms with Gasteiger partial charge in [-0.2, -0.15) is 8.78 Å². The van der Waals surface area contributed by atoms with E-state index >= 15 is 0 Å². The number of ether oxygens (including phenoxy) is 2. The number of hydrogen-bond donors (Lipinski definition) is 0. The molecular formula is C17H9F9O4S. The molecule has 31 heavy (non-hydrogen) atoms. The minimum absolute atomic E-state index is 0.168. The Balaban J connectivity index is 2.41. The first kappa shape index (κ1) is 24.1. The van der Waals surface area contributed by atoms with Gasteiger partial charge in [-0.25, -0.2) is 18.4 Å². The lowest BCUT2D eigenvalue weighted by Crippen LogP contribution is -2.19. The van der Waals surface area contributed by atoms with Crippen molar-refractivity contribution in [2.75, 3.05) is 0 Å². The van der Waals surface area contributed by atoms with Crippen molar-refractivity contribution in [3.8, 4) is 11.5 Å². The van der Waals surface area contributed by atoms with Gasteiger partial charge in [-0.1, -0.05) is 26.0 Å². The number of halogens is 9. The molecule has 0 radical (unpaired) electrons. The summed E-state index contributed by atoms with van der Waals surface area (Å²) in [5.74, 6) is -15.6. The molecule has 0 fully saturated rings. The maximum Gasteiger partial charge on any atom is 0.349 e. The molecule has 0 bridgehead atoms. The second kappa shape index (κ2) is 6.93. The van der Waals surface area contributed by atoms with Crippen LogP contribution in [0.5, 0.6) is 11.5 Å². The molecule has 14 heteroatoms. The van der Waals surface area contributed by atoms with Gasteiger partial charge in [0, 0.05) is 5.57 Å². The van der Waals surface area contributed by atoms with Crippen molar-refractivity contribution in [1.29, 1.82) is 0 Å². The summed E-state index contributed by atoms with van der Waals surface area (Å²) < 4.78 is 128. The monoisotopic (exact) mass is 480 g/mol. The second-order valence-corrected chi connectivity index (χ2v) is 8.37. The van der Waals surface area contributed by atoms with Gasteiger partial charge in [0.25, 0.3) is 0 Å². The van der Waals surface area contributed by atoms with Crippen molar-refractivity contribution in [3.05, 3.63) is 65.2 Å². The first-order valence-corrected chi connectivity index (χ1v) is 9.58. The van der Waals surface area contributed by atoms with Crippen LogP contribution in [0, 0.1) is 23.3 Å². The summed E-state index contributed by atoms with van der Waals surface area (Å²) in [4.78, 5) is 20.9. The van der Waals surface area contributed by atoms with Gasteiger partial charge in [-0.05, 0) is 31.2 Å². The molecule has 0 aliphatic carbocycles. The number of hydrogen-bond acceptors (Lipinski definition) is 4. The molecule has 0 amide bonds. The summed E-state index contributed by atoms with van der Waals surface area (Å²) in [6.07, 6.45) is 0. The van der Waals surface area contributed by atoms with E-state index < -0.39 is 73.0 Å². The number of rotatable bonds is 5. The molecule has 0 aromatic heterocycles. The van der Waals surface area contributed by atoms with Gasteiger partial charge in [0.2, 0.25) is 17.4 Å². The molecule has 0 aliphatic rings. The van der Waals surface area contributed by atoms with Crippen LogP contribution in [0.4, 0.5) is 37.0 Å². The SMILES string of the molecule is C=C(C)C(=O)Oc1c(F)c(F)c(C(=O)Oc2ccc(S(F)(F)(F)(F)F)cc2)c(F)c1F. The van der Waals surface area contributed by atoms with Gasteiger partial charge in [-0.15, -0.1) is 0 Å². The van der Waals surface area contributed by atoms with Crippen LogP contribution in [-0.2, 0) is 4.79 Å². The first-order valence-electron chi connectivity index (χ1n) is 7.63. The lowest BCUT2D eigenvalue weighted by Gasteiger charge is -2.40. The minimum Gasteiger partial charge on any atom is -0.423 e. The third-order valence-corrected chi connectivity index (χ3v) is 4.61. The van der Waals surface area contributed by atoms with Crippen LogP contribution in [-0.4, -0.2) is 11.9 Å². The highest BCUT2D eigenvalue weighted by molar-refractivity contribution is 8.45. The molecule has 2 aromatic carbocycles. The van der Waals surface area contributed by atoms with E-state index in [1.807, 2.05) is 0 Å². The molecule has 0 unspecified atom stereocenters. The Hall–Kier alpha value is -3.16. The third-order valence-electron chi connectivity index (χ3n) is 3.45. The zero-order chi connectivity index (χ0) is 24.0. The van der Waals surface area contributed by atoms with Crippen LogP contribution >= 0.6 is 10.2 Å². The van der Waals surface area contributed by atoms with Crippen LogP contribution in [0.15, 0.2) is 41.3 Å². The van der Waals surface area contributed by atoms with Gasteiger partial charge in [-0.3, -0.25) is 0 Å². The van der Waals surface area contributed by atoms with E-state index in [1.54, 1.807) is 0 Å². The lowest BCUT2D eigenvalue weighted by molar-refractivity contribution is -0.130. The fraction of sp³-hybridized carbons (Fsp3) is 0.0588. The molecule has 4 nitrogen and oxygen atoms in total. The molecule has 0 saturated heterocycles. The normalized spacial score (nSPS) is 13.7. The van der Waals surface area contributed by atoms with E-state index in [0.717, 1.165) is 6.92 Å². The van der Waals surface area contributed by atoms with E-state index in [4.69, 9.17) is 0 Å². The first-order chi connectivity index (χ1) is 13.8. The van der Waals surface area contributed by atoms with Gasteiger partial charge in [0.15, 0.2) is 11.6 Å². The summed E-state index contributed by atoms with van der Waals surface area (Å²) in [6, 6.07) is 0.101. The predicted octanol–water partition coefficient (Wildman–Crippen LogP) is 6.60. The molecule has 0 aliphatic heterocycles. The highest BCUT2D eigenvalue weighted by atomic mass is 32.5. The smallest absolute Gasteiger partial charge is 0.349 e. The molecule has 0 heterocycles. The minimum atomic E-state index is -10.0. The Morgan fingerprint density at radius 2 is 1.26 bits per heavy atom. The van der Waals surface area contributed by atoms with Crippen molar-refractivity contribution in [3.63, 3.8) is 0 Å². The predicted molar refractivity (Wildman–Crippen MR) is 89.5 cm³/mol. The average Bonchev–Trinajstić information content (AvgIpc) is 2.62. The topological polar surface area (TPSA) is 52.6 Å². The summed E-state index contributed by atoms with van der Waals surface area (Å²) in [7, 11) is -10.0. The Morgan fingerprint density at radius 1 is 0.806 bits per heavy atom. The van der Waals surface area contributed by atoms with E-state index in [9.17, 15) is 46.6 Å². The summed E-state index contributed by atoms with van der Waals surface area (Å²) in [6.45, 7) is 4.14. The zero-order valence-electron chi connectivity index (χ0n) is 15.0. The fourth-order valence-corrected chi connectivity index (χ4v) is 2.63. The maximum absolute atomic E-state index is 14.1. The van der Waals surface area contributed by atoms with E-state index in [2.05, 4.69) is 16.1 Å². The Labute approximate surface area is 167 Å². The number of carbonyl (C=O) groups excluding carboxylic acids is 2. The average molecular weight is 480 g/mol. The third kappa shape index (κ3) is 5.13. The van der Waals surface area contributed by atoms with E-state index in [1.165, 1.54) is 0 Å². The number of esters is 2. The van der Waals surface area contributed by atoms with Crippen molar-refractivity contribution in [2.24, 2.45) is 0 Å². The van der Waals surface area contributed by atoms with Crippen LogP contribution in [0.25, 0.3) is 0 Å². The summed E-state index contributed by atoms with van der Waals surface area (Å²) in [5.41, 5.74) is -2.35. The molecule has 2 aromatic rings. The standard InChI is InChI=1S/C17H9F9O4S/c1-7(2)16(27)30-15-13(20)11(18)10(12(19)14(15)21)17(28)29-8-3-5-9(6-4-8)31(22,23,24,25)26/h3-6H,1H2,2H3. The van der Waals surface area contributed by atoms with E-state index in [-0.39, 0.29) is 24.3 Å². The maximum atomic E-state index is 14.1. The Morgan fingerprint density at radius 3 is 1.65 bits per heavy atom. The van der Waals surface area contributed by atoms with Gasteiger partial charge < -0.3 is 9.47 Å². The van der Waals surface area contributed by atoms with Crippen LogP contribution in [0.3, 0.4) is 0 Å². The zero-order valence-corrected chi connectivity index (χ0v) is 15.8. The van der Waals surface area contributed by atoms with Gasteiger partial charge >= 0.3 is 22.2 Å². The van der Waals surface area contributed by atoms with Crippen molar-refractivity contribution >= 4 is 22.2 Å².